The average Bonchev–Trinajstić information content (AvgIpc) is 2.33. The van der Waals surface area contributed by atoms with Crippen LogP contribution in [0.25, 0.3) is 0 Å². The van der Waals surface area contributed by atoms with Gasteiger partial charge in [-0.15, -0.1) is 0 Å². The normalized spacial score (nSPS) is 11.4. The molecule has 6 heteroatoms. The predicted octanol–water partition coefficient (Wildman–Crippen LogP) is 2.16. The lowest BCUT2D eigenvalue weighted by molar-refractivity contribution is 0.585. The van der Waals surface area contributed by atoms with E-state index in [4.69, 9.17) is 0 Å². The number of aryl methyl sites for hydroxylation is 1. The van der Waals surface area contributed by atoms with Gasteiger partial charge in [-0.3, -0.25) is 4.79 Å². The summed E-state index contributed by atoms with van der Waals surface area (Å²) < 4.78 is 25.5. The molecule has 94 valence electrons. The lowest BCUT2D eigenvalue weighted by Crippen LogP contribution is -2.27. The number of halogens is 1. The Morgan fingerprint density at radius 1 is 1.11 bits per heavy atom. The van der Waals surface area contributed by atoms with E-state index in [1.54, 1.807) is 12.1 Å². The van der Waals surface area contributed by atoms with Gasteiger partial charge in [0.25, 0.3) is 15.6 Å². The monoisotopic (exact) mass is 327 g/mol. The number of pyridine rings is 1. The van der Waals surface area contributed by atoms with Gasteiger partial charge in [0.1, 0.15) is 0 Å². The van der Waals surface area contributed by atoms with Gasteiger partial charge >= 0.3 is 0 Å². The van der Waals surface area contributed by atoms with E-state index in [-0.39, 0.29) is 9.37 Å². The average molecular weight is 328 g/mol. The van der Waals surface area contributed by atoms with Crippen LogP contribution in [0.4, 0.5) is 0 Å². The van der Waals surface area contributed by atoms with Crippen molar-refractivity contribution in [3.63, 3.8) is 0 Å². The van der Waals surface area contributed by atoms with Crippen LogP contribution in [0.3, 0.4) is 0 Å². The van der Waals surface area contributed by atoms with Gasteiger partial charge in [0.2, 0.25) is 0 Å². The van der Waals surface area contributed by atoms with Crippen LogP contribution >= 0.6 is 15.9 Å². The first kappa shape index (κ1) is 13.0. The molecule has 4 nitrogen and oxygen atoms in total. The van der Waals surface area contributed by atoms with Crippen LogP contribution < -0.4 is 5.56 Å². The van der Waals surface area contributed by atoms with Crippen molar-refractivity contribution in [3.05, 3.63) is 63.0 Å². The van der Waals surface area contributed by atoms with Gasteiger partial charge in [-0.25, -0.2) is 12.4 Å². The summed E-state index contributed by atoms with van der Waals surface area (Å²) in [5.74, 6) is 0. The number of hydrogen-bond donors (Lipinski definition) is 0. The maximum Gasteiger partial charge on any atom is 0.278 e. The molecule has 1 aromatic carbocycles. The fourth-order valence-corrected chi connectivity index (χ4v) is 3.18. The molecule has 1 heterocycles. The molecule has 0 aliphatic rings. The first-order valence-corrected chi connectivity index (χ1v) is 7.35. The Balaban J connectivity index is 2.66. The third-order valence-corrected chi connectivity index (χ3v) is 4.72. The van der Waals surface area contributed by atoms with Gasteiger partial charge < -0.3 is 0 Å². The second-order valence-electron chi connectivity index (χ2n) is 3.78. The zero-order valence-corrected chi connectivity index (χ0v) is 11.9. The van der Waals surface area contributed by atoms with E-state index in [1.807, 2.05) is 6.92 Å². The van der Waals surface area contributed by atoms with E-state index in [0.717, 1.165) is 9.54 Å². The zero-order valence-electron chi connectivity index (χ0n) is 9.50. The fourth-order valence-electron chi connectivity index (χ4n) is 1.46. The molecular weight excluding hydrogens is 318 g/mol. The number of hydrogen-bond acceptors (Lipinski definition) is 3. The first-order valence-electron chi connectivity index (χ1n) is 5.12. The summed E-state index contributed by atoms with van der Waals surface area (Å²) in [6.45, 7) is 1.86. The second kappa shape index (κ2) is 4.70. The Morgan fingerprint density at radius 2 is 1.72 bits per heavy atom. The molecule has 0 spiro atoms. The highest BCUT2D eigenvalue weighted by Crippen LogP contribution is 2.13. The summed E-state index contributed by atoms with van der Waals surface area (Å²) in [5, 5.41) is 0. The van der Waals surface area contributed by atoms with Gasteiger partial charge in [-0.2, -0.15) is 0 Å². The molecule has 0 N–H and O–H groups in total. The van der Waals surface area contributed by atoms with E-state index in [0.29, 0.717) is 0 Å². The minimum absolute atomic E-state index is 0.0910. The molecule has 0 fully saturated rings. The van der Waals surface area contributed by atoms with Crippen molar-refractivity contribution in [2.24, 2.45) is 0 Å². The van der Waals surface area contributed by atoms with Gasteiger partial charge in [0.05, 0.1) is 9.37 Å². The molecule has 18 heavy (non-hydrogen) atoms. The van der Waals surface area contributed by atoms with Crippen molar-refractivity contribution in [3.8, 4) is 0 Å². The lowest BCUT2D eigenvalue weighted by atomic mass is 10.2. The summed E-state index contributed by atoms with van der Waals surface area (Å²) in [4.78, 5) is 11.9. The Kier molecular flexibility index (Phi) is 3.41. The molecule has 0 unspecified atom stereocenters. The van der Waals surface area contributed by atoms with E-state index < -0.39 is 15.6 Å². The van der Waals surface area contributed by atoms with E-state index in [1.165, 1.54) is 30.5 Å². The van der Waals surface area contributed by atoms with Crippen LogP contribution in [-0.2, 0) is 10.0 Å². The van der Waals surface area contributed by atoms with Gasteiger partial charge in [0, 0.05) is 6.20 Å². The van der Waals surface area contributed by atoms with E-state index in [2.05, 4.69) is 15.9 Å². The van der Waals surface area contributed by atoms with Crippen molar-refractivity contribution in [1.29, 1.82) is 0 Å². The topological polar surface area (TPSA) is 56.1 Å². The van der Waals surface area contributed by atoms with Crippen LogP contribution in [0.1, 0.15) is 5.56 Å². The molecule has 0 amide bonds. The SMILES string of the molecule is Cc1ccc(S(=O)(=O)n2cccc(Br)c2=O)cc1. The Labute approximate surface area is 113 Å². The van der Waals surface area contributed by atoms with Crippen LogP contribution in [0.5, 0.6) is 0 Å². The van der Waals surface area contributed by atoms with Gasteiger partial charge in [-0.1, -0.05) is 17.7 Å². The molecule has 0 aliphatic carbocycles. The zero-order chi connectivity index (χ0) is 13.3. The van der Waals surface area contributed by atoms with E-state index in [9.17, 15) is 13.2 Å². The summed E-state index contributed by atoms with van der Waals surface area (Å²) in [6, 6.07) is 9.35. The molecular formula is C12H10BrNO3S. The fraction of sp³-hybridized carbons (Fsp3) is 0.0833. The summed E-state index contributed by atoms with van der Waals surface area (Å²) in [7, 11) is -3.83. The van der Waals surface area contributed by atoms with Crippen molar-refractivity contribution < 1.29 is 8.42 Å². The second-order valence-corrected chi connectivity index (χ2v) is 6.44. The van der Waals surface area contributed by atoms with Crippen LogP contribution in [0.15, 0.2) is 56.8 Å². The Morgan fingerprint density at radius 3 is 2.33 bits per heavy atom. The molecule has 0 radical (unpaired) electrons. The molecule has 0 aliphatic heterocycles. The van der Waals surface area contributed by atoms with Crippen LogP contribution in [0.2, 0.25) is 0 Å². The third-order valence-electron chi connectivity index (χ3n) is 2.45. The molecule has 0 bridgehead atoms. The predicted molar refractivity (Wildman–Crippen MR) is 72.2 cm³/mol. The van der Waals surface area contributed by atoms with Crippen molar-refractivity contribution in [2.45, 2.75) is 11.8 Å². The first-order chi connectivity index (χ1) is 8.43. The number of aromatic nitrogens is 1. The highest BCUT2D eigenvalue weighted by atomic mass is 79.9. The number of benzene rings is 1. The highest BCUT2D eigenvalue weighted by Gasteiger charge is 2.18. The lowest BCUT2D eigenvalue weighted by Gasteiger charge is -2.07. The summed E-state index contributed by atoms with van der Waals surface area (Å²) in [5.41, 5.74) is 0.355. The smallest absolute Gasteiger partial charge is 0.267 e. The largest absolute Gasteiger partial charge is 0.278 e. The Bertz CT molecular complexity index is 733. The Hall–Kier alpha value is -1.40. The molecule has 0 saturated heterocycles. The third kappa shape index (κ3) is 2.26. The molecule has 2 rings (SSSR count). The maximum atomic E-state index is 12.3. The minimum atomic E-state index is -3.83. The molecule has 1 aromatic heterocycles. The van der Waals surface area contributed by atoms with Crippen molar-refractivity contribution >= 4 is 26.0 Å². The standard InChI is InChI=1S/C12H10BrNO3S/c1-9-4-6-10(7-5-9)18(16,17)14-8-2-3-11(13)12(14)15/h2-8H,1H3. The molecule has 2 aromatic rings. The summed E-state index contributed by atoms with van der Waals surface area (Å²) >= 11 is 3.02. The van der Waals surface area contributed by atoms with Crippen LogP contribution in [0, 0.1) is 6.92 Å². The molecule has 0 atom stereocenters. The number of nitrogens with zero attached hydrogens (tertiary/aromatic N) is 1. The van der Waals surface area contributed by atoms with Gasteiger partial charge in [-0.05, 0) is 47.1 Å². The van der Waals surface area contributed by atoms with E-state index >= 15 is 0 Å². The highest BCUT2D eigenvalue weighted by molar-refractivity contribution is 9.10. The maximum absolute atomic E-state index is 12.3. The quantitative estimate of drug-likeness (QED) is 0.849. The van der Waals surface area contributed by atoms with Crippen molar-refractivity contribution in [2.75, 3.05) is 0 Å². The van der Waals surface area contributed by atoms with Gasteiger partial charge in [0.15, 0.2) is 0 Å². The summed E-state index contributed by atoms with van der Waals surface area (Å²) in [6.07, 6.45) is 1.24. The van der Waals surface area contributed by atoms with Crippen molar-refractivity contribution in [1.82, 2.24) is 3.97 Å². The molecule has 0 saturated carbocycles. The van der Waals surface area contributed by atoms with Crippen LogP contribution in [-0.4, -0.2) is 12.4 Å². The number of rotatable bonds is 2. The minimum Gasteiger partial charge on any atom is -0.267 e.